The van der Waals surface area contributed by atoms with Crippen LogP contribution in [-0.4, -0.2) is 17.3 Å². The molecule has 3 nitrogen and oxygen atoms in total. The van der Waals surface area contributed by atoms with E-state index in [1.54, 1.807) is 11.8 Å². The molecule has 0 aliphatic carbocycles. The van der Waals surface area contributed by atoms with Crippen LogP contribution in [0.1, 0.15) is 43.0 Å². The highest BCUT2D eigenvalue weighted by molar-refractivity contribution is 7.99. The van der Waals surface area contributed by atoms with Crippen LogP contribution in [0.5, 0.6) is 5.75 Å². The van der Waals surface area contributed by atoms with E-state index >= 15 is 0 Å². The minimum Gasteiger partial charge on any atom is -0.487 e. The lowest BCUT2D eigenvalue weighted by molar-refractivity contribution is -0.119. The molecular formula is C21H25NO2S. The Morgan fingerprint density at radius 3 is 2.84 bits per heavy atom. The van der Waals surface area contributed by atoms with Crippen LogP contribution < -0.4 is 10.1 Å². The molecule has 1 N–H and O–H groups in total. The molecule has 0 unspecified atom stereocenters. The average molecular weight is 356 g/mol. The van der Waals surface area contributed by atoms with Crippen molar-refractivity contribution in [2.45, 2.75) is 44.6 Å². The van der Waals surface area contributed by atoms with Crippen LogP contribution in [0.4, 0.5) is 0 Å². The van der Waals surface area contributed by atoms with E-state index in [1.165, 1.54) is 11.1 Å². The van der Waals surface area contributed by atoms with Crippen molar-refractivity contribution in [2.75, 3.05) is 5.75 Å². The van der Waals surface area contributed by atoms with Gasteiger partial charge in [-0.15, -0.1) is 11.8 Å². The summed E-state index contributed by atoms with van der Waals surface area (Å²) in [6, 6.07) is 16.4. The summed E-state index contributed by atoms with van der Waals surface area (Å²) in [5.41, 5.74) is 3.30. The predicted molar refractivity (Wildman–Crippen MR) is 104 cm³/mol. The lowest BCUT2D eigenvalue weighted by Gasteiger charge is -2.37. The number of benzene rings is 2. The van der Waals surface area contributed by atoms with E-state index in [-0.39, 0.29) is 17.6 Å². The van der Waals surface area contributed by atoms with Gasteiger partial charge in [0.1, 0.15) is 11.4 Å². The zero-order chi connectivity index (χ0) is 17.9. The Morgan fingerprint density at radius 2 is 2.04 bits per heavy atom. The molecule has 1 aliphatic heterocycles. The molecule has 132 valence electrons. The molecule has 0 saturated heterocycles. The number of ether oxygens (including phenoxy) is 1. The fourth-order valence-corrected chi connectivity index (χ4v) is 4.02. The molecule has 1 heterocycles. The minimum absolute atomic E-state index is 0.00650. The van der Waals surface area contributed by atoms with Gasteiger partial charge >= 0.3 is 0 Å². The number of fused-ring (bicyclic) bond motifs is 1. The summed E-state index contributed by atoms with van der Waals surface area (Å²) in [5.74, 6) is 2.27. The second kappa shape index (κ2) is 7.52. The van der Waals surface area contributed by atoms with Gasteiger partial charge in [0.2, 0.25) is 5.91 Å². The summed E-state index contributed by atoms with van der Waals surface area (Å²) < 4.78 is 6.02. The average Bonchev–Trinajstić information content (AvgIpc) is 2.54. The van der Waals surface area contributed by atoms with E-state index in [0.29, 0.717) is 5.75 Å². The van der Waals surface area contributed by atoms with Crippen molar-refractivity contribution in [3.05, 3.63) is 65.2 Å². The number of hydrogen-bond acceptors (Lipinski definition) is 3. The minimum atomic E-state index is -0.277. The van der Waals surface area contributed by atoms with E-state index in [9.17, 15) is 4.79 Å². The van der Waals surface area contributed by atoms with E-state index < -0.39 is 0 Å². The van der Waals surface area contributed by atoms with Crippen LogP contribution in [0.15, 0.2) is 48.5 Å². The van der Waals surface area contributed by atoms with Crippen molar-refractivity contribution >= 4 is 17.7 Å². The maximum absolute atomic E-state index is 12.4. The normalized spacial score (nSPS) is 18.1. The predicted octanol–water partition coefficient (Wildman–Crippen LogP) is 4.65. The SMILES string of the molecule is Cc1cccc(CSCC(=O)N[C@H]2CC(C)(C)Oc3ccccc32)c1. The first-order valence-electron chi connectivity index (χ1n) is 8.63. The quantitative estimate of drug-likeness (QED) is 0.849. The maximum Gasteiger partial charge on any atom is 0.230 e. The van der Waals surface area contributed by atoms with Gasteiger partial charge in [-0.2, -0.15) is 0 Å². The standard InChI is InChI=1S/C21H25NO2S/c1-15-7-6-8-16(11-15)13-25-14-20(23)22-18-12-21(2,3)24-19-10-5-4-9-17(18)19/h4-11,18H,12-14H2,1-3H3,(H,22,23)/t18-/m0/s1. The third-order valence-electron chi connectivity index (χ3n) is 4.30. The Bertz CT molecular complexity index is 757. The van der Waals surface area contributed by atoms with E-state index in [4.69, 9.17) is 4.74 Å². The van der Waals surface area contributed by atoms with Gasteiger partial charge in [-0.3, -0.25) is 4.79 Å². The van der Waals surface area contributed by atoms with Gasteiger partial charge in [-0.05, 0) is 32.4 Å². The van der Waals surface area contributed by atoms with Crippen LogP contribution in [0.2, 0.25) is 0 Å². The Hall–Kier alpha value is -1.94. The number of amides is 1. The van der Waals surface area contributed by atoms with Gasteiger partial charge < -0.3 is 10.1 Å². The van der Waals surface area contributed by atoms with Gasteiger partial charge in [0.05, 0.1) is 11.8 Å². The molecule has 0 aromatic heterocycles. The Kier molecular flexibility index (Phi) is 5.38. The number of carbonyl (C=O) groups is 1. The van der Waals surface area contributed by atoms with Crippen molar-refractivity contribution in [3.8, 4) is 5.75 Å². The van der Waals surface area contributed by atoms with Crippen LogP contribution in [-0.2, 0) is 10.5 Å². The topological polar surface area (TPSA) is 38.3 Å². The molecule has 0 bridgehead atoms. The maximum atomic E-state index is 12.4. The number of aryl methyl sites for hydroxylation is 1. The molecule has 0 saturated carbocycles. The van der Waals surface area contributed by atoms with Gasteiger partial charge in [0, 0.05) is 17.7 Å². The molecule has 1 atom stereocenters. The van der Waals surface area contributed by atoms with Crippen molar-refractivity contribution < 1.29 is 9.53 Å². The summed E-state index contributed by atoms with van der Waals surface area (Å²) >= 11 is 1.65. The van der Waals surface area contributed by atoms with Crippen molar-refractivity contribution in [1.82, 2.24) is 5.32 Å². The van der Waals surface area contributed by atoms with E-state index in [0.717, 1.165) is 23.5 Å². The fourth-order valence-electron chi connectivity index (χ4n) is 3.23. The summed E-state index contributed by atoms with van der Waals surface area (Å²) in [6.45, 7) is 6.22. The molecule has 3 rings (SSSR count). The molecule has 25 heavy (non-hydrogen) atoms. The van der Waals surface area contributed by atoms with Gasteiger partial charge in [-0.1, -0.05) is 48.0 Å². The number of hydrogen-bond donors (Lipinski definition) is 1. The zero-order valence-electron chi connectivity index (χ0n) is 15.0. The number of nitrogens with one attached hydrogen (secondary N) is 1. The number of rotatable bonds is 5. The second-order valence-electron chi connectivity index (χ2n) is 7.21. The third kappa shape index (κ3) is 4.79. The number of carbonyl (C=O) groups excluding carboxylic acids is 1. The van der Waals surface area contributed by atoms with Crippen LogP contribution >= 0.6 is 11.8 Å². The first kappa shape index (κ1) is 17.9. The first-order chi connectivity index (χ1) is 11.9. The molecule has 0 fully saturated rings. The number of thioether (sulfide) groups is 1. The van der Waals surface area contributed by atoms with Gasteiger partial charge in [-0.25, -0.2) is 0 Å². The zero-order valence-corrected chi connectivity index (χ0v) is 15.9. The Balaban J connectivity index is 1.57. The Morgan fingerprint density at radius 1 is 1.24 bits per heavy atom. The highest BCUT2D eigenvalue weighted by atomic mass is 32.2. The first-order valence-corrected chi connectivity index (χ1v) is 9.79. The van der Waals surface area contributed by atoms with E-state index in [1.807, 2.05) is 24.3 Å². The second-order valence-corrected chi connectivity index (χ2v) is 8.19. The van der Waals surface area contributed by atoms with Crippen molar-refractivity contribution in [3.63, 3.8) is 0 Å². The molecule has 0 radical (unpaired) electrons. The summed E-state index contributed by atoms with van der Waals surface area (Å²) in [4.78, 5) is 12.4. The van der Waals surface area contributed by atoms with Crippen molar-refractivity contribution in [2.24, 2.45) is 0 Å². The molecule has 1 amide bonds. The van der Waals surface area contributed by atoms with Crippen LogP contribution in [0, 0.1) is 6.92 Å². The molecular weight excluding hydrogens is 330 g/mol. The third-order valence-corrected chi connectivity index (χ3v) is 5.30. The summed E-state index contributed by atoms with van der Waals surface area (Å²) in [6.07, 6.45) is 0.776. The summed E-state index contributed by atoms with van der Waals surface area (Å²) in [7, 11) is 0. The highest BCUT2D eigenvalue weighted by Crippen LogP contribution is 2.39. The van der Waals surface area contributed by atoms with Crippen LogP contribution in [0.25, 0.3) is 0 Å². The lowest BCUT2D eigenvalue weighted by Crippen LogP contribution is -2.41. The molecule has 2 aromatic rings. The monoisotopic (exact) mass is 355 g/mol. The van der Waals surface area contributed by atoms with E-state index in [2.05, 4.69) is 50.4 Å². The largest absolute Gasteiger partial charge is 0.487 e. The molecule has 0 spiro atoms. The molecule has 4 heteroatoms. The van der Waals surface area contributed by atoms with Gasteiger partial charge in [0.15, 0.2) is 0 Å². The molecule has 1 aliphatic rings. The Labute approximate surface area is 154 Å². The summed E-state index contributed by atoms with van der Waals surface area (Å²) in [5, 5.41) is 3.19. The smallest absolute Gasteiger partial charge is 0.230 e. The highest BCUT2D eigenvalue weighted by Gasteiger charge is 2.34. The fraction of sp³-hybridized carbons (Fsp3) is 0.381. The van der Waals surface area contributed by atoms with Crippen molar-refractivity contribution in [1.29, 1.82) is 0 Å². The number of para-hydroxylation sites is 1. The lowest BCUT2D eigenvalue weighted by atomic mass is 9.90. The van der Waals surface area contributed by atoms with Crippen LogP contribution in [0.3, 0.4) is 0 Å². The molecule has 2 aromatic carbocycles. The van der Waals surface area contributed by atoms with Gasteiger partial charge in [0.25, 0.3) is 0 Å².